The largest absolute Gasteiger partial charge is 0.456 e. The van der Waals surface area contributed by atoms with Gasteiger partial charge in [0, 0.05) is 43.0 Å². The summed E-state index contributed by atoms with van der Waals surface area (Å²) in [5, 5.41) is 2.62. The summed E-state index contributed by atoms with van der Waals surface area (Å²) in [4.78, 5) is 37.2. The van der Waals surface area contributed by atoms with Crippen molar-refractivity contribution in [1.82, 2.24) is 19.5 Å². The fourth-order valence-corrected chi connectivity index (χ4v) is 2.86. The first-order valence-electron chi connectivity index (χ1n) is 9.49. The molecule has 0 aliphatic heterocycles. The van der Waals surface area contributed by atoms with Crippen LogP contribution in [0.15, 0.2) is 78.1 Å². The Kier molecular flexibility index (Phi) is 5.53. The van der Waals surface area contributed by atoms with Crippen molar-refractivity contribution in [2.24, 2.45) is 7.05 Å². The van der Waals surface area contributed by atoms with Gasteiger partial charge in [-0.3, -0.25) is 19.6 Å². The van der Waals surface area contributed by atoms with Crippen LogP contribution in [0.3, 0.4) is 0 Å². The van der Waals surface area contributed by atoms with Gasteiger partial charge >= 0.3 is 0 Å². The van der Waals surface area contributed by atoms with Crippen LogP contribution in [0.2, 0.25) is 0 Å². The van der Waals surface area contributed by atoms with Gasteiger partial charge in [0.1, 0.15) is 22.9 Å². The molecular formula is C23H19N5O3. The molecule has 31 heavy (non-hydrogen) atoms. The first-order valence-corrected chi connectivity index (χ1v) is 9.49. The normalized spacial score (nSPS) is 10.5. The van der Waals surface area contributed by atoms with Gasteiger partial charge in [0.15, 0.2) is 0 Å². The van der Waals surface area contributed by atoms with E-state index in [2.05, 4.69) is 20.3 Å². The second-order valence-electron chi connectivity index (χ2n) is 6.84. The third-order valence-electron chi connectivity index (χ3n) is 4.52. The zero-order valence-corrected chi connectivity index (χ0v) is 16.9. The maximum absolute atomic E-state index is 12.3. The molecule has 0 aliphatic rings. The molecule has 0 radical (unpaired) electrons. The molecule has 0 spiro atoms. The number of ether oxygens (including phenoxy) is 1. The maximum Gasteiger partial charge on any atom is 0.263 e. The summed E-state index contributed by atoms with van der Waals surface area (Å²) in [5.41, 5.74) is 2.23. The van der Waals surface area contributed by atoms with Crippen LogP contribution in [0.5, 0.6) is 11.5 Å². The van der Waals surface area contributed by atoms with Crippen molar-refractivity contribution in [2.75, 3.05) is 5.32 Å². The van der Waals surface area contributed by atoms with Gasteiger partial charge in [-0.25, -0.2) is 4.98 Å². The molecule has 1 amide bonds. The standard InChI is InChI=1S/C23H19N5O3/c1-15-5-6-16(13-25-15)20-12-17(9-10-24-20)31-18-7-8-21(26-14-18)27-22(29)19-4-3-11-28(2)23(19)30/h3-14H,1-2H3,(H,26,27,29). The second kappa shape index (κ2) is 8.58. The van der Waals surface area contributed by atoms with Crippen LogP contribution < -0.4 is 15.6 Å². The zero-order chi connectivity index (χ0) is 21.8. The Balaban J connectivity index is 1.46. The lowest BCUT2D eigenvalue weighted by molar-refractivity contribution is 0.102. The van der Waals surface area contributed by atoms with Crippen molar-refractivity contribution in [1.29, 1.82) is 0 Å². The molecule has 1 N–H and O–H groups in total. The number of nitrogens with one attached hydrogen (secondary N) is 1. The number of rotatable bonds is 5. The van der Waals surface area contributed by atoms with Gasteiger partial charge in [-0.05, 0) is 49.4 Å². The Labute approximate surface area is 178 Å². The van der Waals surface area contributed by atoms with E-state index in [0.717, 1.165) is 17.0 Å². The van der Waals surface area contributed by atoms with Crippen LogP contribution in [-0.2, 0) is 7.05 Å². The van der Waals surface area contributed by atoms with Gasteiger partial charge in [-0.15, -0.1) is 0 Å². The highest BCUT2D eigenvalue weighted by atomic mass is 16.5. The molecule has 4 aromatic heterocycles. The predicted octanol–water partition coefficient (Wildman–Crippen LogP) is 3.59. The van der Waals surface area contributed by atoms with E-state index in [4.69, 9.17) is 4.74 Å². The lowest BCUT2D eigenvalue weighted by atomic mass is 10.2. The molecule has 0 unspecified atom stereocenters. The van der Waals surface area contributed by atoms with Crippen LogP contribution in [0.25, 0.3) is 11.3 Å². The lowest BCUT2D eigenvalue weighted by Crippen LogP contribution is -2.27. The number of pyridine rings is 4. The minimum atomic E-state index is -0.521. The summed E-state index contributed by atoms with van der Waals surface area (Å²) in [6, 6.07) is 13.8. The molecule has 0 saturated heterocycles. The molecule has 0 saturated carbocycles. The summed E-state index contributed by atoms with van der Waals surface area (Å²) >= 11 is 0. The average Bonchev–Trinajstić information content (AvgIpc) is 2.77. The Morgan fingerprint density at radius 3 is 2.61 bits per heavy atom. The highest BCUT2D eigenvalue weighted by Gasteiger charge is 2.12. The van der Waals surface area contributed by atoms with E-state index in [1.165, 1.54) is 16.8 Å². The van der Waals surface area contributed by atoms with Crippen molar-refractivity contribution < 1.29 is 9.53 Å². The lowest BCUT2D eigenvalue weighted by Gasteiger charge is -2.09. The average molecular weight is 413 g/mol. The number of aromatic nitrogens is 4. The van der Waals surface area contributed by atoms with Crippen molar-refractivity contribution in [3.8, 4) is 22.8 Å². The molecule has 8 heteroatoms. The van der Waals surface area contributed by atoms with Crippen LogP contribution in [-0.4, -0.2) is 25.4 Å². The topological polar surface area (TPSA) is 99.0 Å². The minimum Gasteiger partial charge on any atom is -0.456 e. The fraction of sp³-hybridized carbons (Fsp3) is 0.0870. The van der Waals surface area contributed by atoms with Crippen molar-refractivity contribution >= 4 is 11.7 Å². The maximum atomic E-state index is 12.3. The van der Waals surface area contributed by atoms with Crippen LogP contribution in [0.4, 0.5) is 5.82 Å². The predicted molar refractivity (Wildman–Crippen MR) is 116 cm³/mol. The van der Waals surface area contributed by atoms with Gasteiger partial charge in [-0.2, -0.15) is 0 Å². The summed E-state index contributed by atoms with van der Waals surface area (Å²) in [7, 11) is 1.59. The number of carbonyl (C=O) groups is 1. The third kappa shape index (κ3) is 4.64. The number of amides is 1. The highest BCUT2D eigenvalue weighted by Crippen LogP contribution is 2.25. The van der Waals surface area contributed by atoms with Crippen molar-refractivity contribution in [3.63, 3.8) is 0 Å². The minimum absolute atomic E-state index is 0.0436. The number of carbonyl (C=O) groups excluding carboxylic acids is 1. The monoisotopic (exact) mass is 413 g/mol. The molecule has 4 rings (SSSR count). The zero-order valence-electron chi connectivity index (χ0n) is 16.9. The molecule has 0 bridgehead atoms. The first kappa shape index (κ1) is 20.0. The van der Waals surface area contributed by atoms with E-state index >= 15 is 0 Å². The summed E-state index contributed by atoms with van der Waals surface area (Å²) < 4.78 is 7.20. The quantitative estimate of drug-likeness (QED) is 0.537. The highest BCUT2D eigenvalue weighted by molar-refractivity contribution is 6.03. The Bertz CT molecular complexity index is 1280. The first-order chi connectivity index (χ1) is 15.0. The molecule has 8 nitrogen and oxygen atoms in total. The molecule has 0 aliphatic carbocycles. The molecule has 0 aromatic carbocycles. The number of hydrogen-bond acceptors (Lipinski definition) is 6. The molecule has 154 valence electrons. The fourth-order valence-electron chi connectivity index (χ4n) is 2.86. The molecule has 4 aromatic rings. The van der Waals surface area contributed by atoms with Gasteiger partial charge in [0.2, 0.25) is 0 Å². The van der Waals surface area contributed by atoms with Crippen molar-refractivity contribution in [2.45, 2.75) is 6.92 Å². The van der Waals surface area contributed by atoms with E-state index in [1.54, 1.807) is 49.9 Å². The molecule has 0 atom stereocenters. The van der Waals surface area contributed by atoms with Gasteiger partial charge in [0.25, 0.3) is 11.5 Å². The molecule has 4 heterocycles. The second-order valence-corrected chi connectivity index (χ2v) is 6.84. The Morgan fingerprint density at radius 1 is 1.00 bits per heavy atom. The van der Waals surface area contributed by atoms with Crippen molar-refractivity contribution in [3.05, 3.63) is 94.9 Å². The molecule has 0 fully saturated rings. The summed E-state index contributed by atoms with van der Waals surface area (Å²) in [6.45, 7) is 1.93. The van der Waals surface area contributed by atoms with E-state index in [-0.39, 0.29) is 11.1 Å². The Morgan fingerprint density at radius 2 is 1.87 bits per heavy atom. The van der Waals surface area contributed by atoms with E-state index in [1.807, 2.05) is 25.1 Å². The third-order valence-corrected chi connectivity index (χ3v) is 4.52. The van der Waals surface area contributed by atoms with Crippen LogP contribution in [0, 0.1) is 6.92 Å². The van der Waals surface area contributed by atoms with E-state index < -0.39 is 5.91 Å². The number of hydrogen-bond donors (Lipinski definition) is 1. The van der Waals surface area contributed by atoms with Gasteiger partial charge in [0.05, 0.1) is 11.9 Å². The summed E-state index contributed by atoms with van der Waals surface area (Å²) in [5.74, 6) is 0.877. The Hall–Kier alpha value is -4.33. The van der Waals surface area contributed by atoms with E-state index in [9.17, 15) is 9.59 Å². The SMILES string of the molecule is Cc1ccc(-c2cc(Oc3ccc(NC(=O)c4cccn(C)c4=O)nc3)ccn2)cn1. The van der Waals surface area contributed by atoms with Crippen LogP contribution in [0.1, 0.15) is 16.1 Å². The summed E-state index contributed by atoms with van der Waals surface area (Å²) in [6.07, 6.45) is 6.50. The van der Waals surface area contributed by atoms with Gasteiger partial charge in [-0.1, -0.05) is 0 Å². The smallest absolute Gasteiger partial charge is 0.263 e. The molecular weight excluding hydrogens is 394 g/mol. The number of nitrogens with zero attached hydrogens (tertiary/aromatic N) is 4. The number of anilines is 1. The van der Waals surface area contributed by atoms with E-state index in [0.29, 0.717) is 17.3 Å². The number of aryl methyl sites for hydroxylation is 2. The van der Waals surface area contributed by atoms with Crippen LogP contribution >= 0.6 is 0 Å². The van der Waals surface area contributed by atoms with Gasteiger partial charge < -0.3 is 14.6 Å².